The van der Waals surface area contributed by atoms with Gasteiger partial charge in [0.05, 0.1) is 30.0 Å². The van der Waals surface area contributed by atoms with Gasteiger partial charge in [-0.15, -0.1) is 11.3 Å². The number of morpholine rings is 1. The van der Waals surface area contributed by atoms with Crippen molar-refractivity contribution in [2.75, 3.05) is 32.8 Å². The summed E-state index contributed by atoms with van der Waals surface area (Å²) in [6.07, 6.45) is 0. The monoisotopic (exact) mass is 399 g/mol. The van der Waals surface area contributed by atoms with E-state index in [1.165, 1.54) is 14.5 Å². The second-order valence-corrected chi connectivity index (χ2v) is 7.85. The van der Waals surface area contributed by atoms with E-state index < -0.39 is 0 Å². The summed E-state index contributed by atoms with van der Waals surface area (Å²) in [7, 11) is 1.57. The lowest BCUT2D eigenvalue weighted by Gasteiger charge is -2.31. The van der Waals surface area contributed by atoms with Gasteiger partial charge in [0, 0.05) is 12.4 Å². The number of benzene rings is 1. The van der Waals surface area contributed by atoms with Gasteiger partial charge in [0.25, 0.3) is 11.5 Å². The molecule has 2 aromatic heterocycles. The van der Waals surface area contributed by atoms with E-state index in [2.05, 4.69) is 21.9 Å². The van der Waals surface area contributed by atoms with Crippen molar-refractivity contribution < 1.29 is 14.4 Å². The number of quaternary nitrogens is 1. The van der Waals surface area contributed by atoms with E-state index in [1.807, 2.05) is 12.1 Å². The van der Waals surface area contributed by atoms with Gasteiger partial charge in [-0.1, -0.05) is 24.3 Å². The van der Waals surface area contributed by atoms with Crippen LogP contribution < -0.4 is 15.8 Å². The molecule has 0 bridgehead atoms. The van der Waals surface area contributed by atoms with Crippen LogP contribution in [-0.2, 0) is 11.8 Å². The maximum Gasteiger partial charge on any atom is 0.274 e. The van der Waals surface area contributed by atoms with Crippen LogP contribution in [0.3, 0.4) is 0 Å². The summed E-state index contributed by atoms with van der Waals surface area (Å²) in [6.45, 7) is 3.81. The van der Waals surface area contributed by atoms with Crippen molar-refractivity contribution in [2.45, 2.75) is 6.04 Å². The minimum absolute atomic E-state index is 0.173. The third-order valence-corrected chi connectivity index (χ3v) is 6.14. The molecule has 8 heteroatoms. The van der Waals surface area contributed by atoms with Crippen molar-refractivity contribution in [2.24, 2.45) is 7.05 Å². The lowest BCUT2D eigenvalue weighted by molar-refractivity contribution is -0.937. The Morgan fingerprint density at radius 1 is 1.25 bits per heavy atom. The number of rotatable bonds is 5. The van der Waals surface area contributed by atoms with Gasteiger partial charge in [0.1, 0.15) is 19.1 Å². The minimum atomic E-state index is -0.263. The molecule has 7 nitrogen and oxygen atoms in total. The molecule has 146 valence electrons. The molecule has 1 amide bonds. The molecule has 4 rings (SSSR count). The Hall–Kier alpha value is -2.55. The summed E-state index contributed by atoms with van der Waals surface area (Å²) >= 11 is 1.71. The average Bonchev–Trinajstić information content (AvgIpc) is 3.26. The van der Waals surface area contributed by atoms with E-state index in [9.17, 15) is 9.59 Å². The van der Waals surface area contributed by atoms with Crippen LogP contribution >= 0.6 is 11.3 Å². The second-order valence-electron chi connectivity index (χ2n) is 6.87. The zero-order valence-corrected chi connectivity index (χ0v) is 16.5. The van der Waals surface area contributed by atoms with Gasteiger partial charge in [0.15, 0.2) is 5.69 Å². The maximum atomic E-state index is 13.0. The Kier molecular flexibility index (Phi) is 5.52. The molecule has 3 heterocycles. The van der Waals surface area contributed by atoms with Gasteiger partial charge in [-0.05, 0) is 17.5 Å². The van der Waals surface area contributed by atoms with Crippen LogP contribution in [0.2, 0.25) is 0 Å². The predicted molar refractivity (Wildman–Crippen MR) is 108 cm³/mol. The summed E-state index contributed by atoms with van der Waals surface area (Å²) < 4.78 is 6.71. The Balaban J connectivity index is 1.58. The molecule has 1 aliphatic rings. The van der Waals surface area contributed by atoms with Crippen LogP contribution in [0, 0.1) is 0 Å². The van der Waals surface area contributed by atoms with Gasteiger partial charge in [-0.25, -0.2) is 4.68 Å². The Labute approximate surface area is 166 Å². The fourth-order valence-electron chi connectivity index (χ4n) is 3.66. The molecule has 0 aliphatic carbocycles. The number of hydrogen-bond acceptors (Lipinski definition) is 5. The summed E-state index contributed by atoms with van der Waals surface area (Å²) in [4.78, 5) is 27.9. The highest BCUT2D eigenvalue weighted by Gasteiger charge is 2.28. The molecule has 0 radical (unpaired) electrons. The number of carbonyl (C=O) groups excluding carboxylic acids is 1. The maximum absolute atomic E-state index is 13.0. The van der Waals surface area contributed by atoms with Crippen molar-refractivity contribution >= 4 is 28.0 Å². The molecule has 1 atom stereocenters. The summed E-state index contributed by atoms with van der Waals surface area (Å²) in [5.41, 5.74) is 0.0704. The van der Waals surface area contributed by atoms with Crippen molar-refractivity contribution in [1.29, 1.82) is 0 Å². The van der Waals surface area contributed by atoms with Crippen LogP contribution in [-0.4, -0.2) is 48.5 Å². The summed E-state index contributed by atoms with van der Waals surface area (Å²) in [5.74, 6) is -0.263. The first-order valence-electron chi connectivity index (χ1n) is 9.35. The van der Waals surface area contributed by atoms with E-state index in [-0.39, 0.29) is 23.2 Å². The van der Waals surface area contributed by atoms with E-state index >= 15 is 0 Å². The van der Waals surface area contributed by atoms with Gasteiger partial charge >= 0.3 is 0 Å². The Morgan fingerprint density at radius 3 is 2.71 bits per heavy atom. The van der Waals surface area contributed by atoms with Crippen LogP contribution in [0.25, 0.3) is 10.8 Å². The SMILES string of the molecule is Cn1nc(C(=O)NC[C@@H](c2cccs2)[NH+]2CCOCC2)c2ccccc2c1=O. The number of fused-ring (bicyclic) bond motifs is 1. The van der Waals surface area contributed by atoms with E-state index in [0.29, 0.717) is 17.3 Å². The second kappa shape index (κ2) is 8.22. The van der Waals surface area contributed by atoms with Gasteiger partial charge in [-0.3, -0.25) is 9.59 Å². The third-order valence-electron chi connectivity index (χ3n) is 5.15. The molecule has 3 aromatic rings. The van der Waals surface area contributed by atoms with E-state index in [0.717, 1.165) is 26.3 Å². The van der Waals surface area contributed by atoms with Crippen LogP contribution in [0.15, 0.2) is 46.6 Å². The first-order valence-corrected chi connectivity index (χ1v) is 10.2. The molecule has 28 heavy (non-hydrogen) atoms. The molecule has 2 N–H and O–H groups in total. The van der Waals surface area contributed by atoms with Crippen LogP contribution in [0.5, 0.6) is 0 Å². The number of nitrogens with zero attached hydrogens (tertiary/aromatic N) is 2. The molecule has 1 saturated heterocycles. The molecule has 1 aromatic carbocycles. The third kappa shape index (κ3) is 3.71. The van der Waals surface area contributed by atoms with E-state index in [1.54, 1.807) is 36.6 Å². The first-order chi connectivity index (χ1) is 13.6. The largest absolute Gasteiger partial charge is 0.370 e. The smallest absolute Gasteiger partial charge is 0.274 e. The Morgan fingerprint density at radius 2 is 2.00 bits per heavy atom. The number of aryl methyl sites for hydroxylation is 1. The lowest BCUT2D eigenvalue weighted by Crippen LogP contribution is -3.15. The highest BCUT2D eigenvalue weighted by atomic mass is 32.1. The number of nitrogens with one attached hydrogen (secondary N) is 2. The van der Waals surface area contributed by atoms with Crippen molar-refractivity contribution in [3.63, 3.8) is 0 Å². The van der Waals surface area contributed by atoms with Gasteiger partial charge in [-0.2, -0.15) is 5.10 Å². The first kappa shape index (κ1) is 18.8. The van der Waals surface area contributed by atoms with Crippen LogP contribution in [0.1, 0.15) is 21.4 Å². The van der Waals surface area contributed by atoms with Gasteiger partial charge < -0.3 is 15.0 Å². The number of carbonyl (C=O) groups is 1. The molecular weight excluding hydrogens is 376 g/mol. The highest BCUT2D eigenvalue weighted by Crippen LogP contribution is 2.17. The fraction of sp³-hybridized carbons (Fsp3) is 0.350. The molecule has 1 aliphatic heterocycles. The minimum Gasteiger partial charge on any atom is -0.370 e. The topological polar surface area (TPSA) is 77.7 Å². The van der Waals surface area contributed by atoms with Crippen molar-refractivity contribution in [3.8, 4) is 0 Å². The van der Waals surface area contributed by atoms with Crippen molar-refractivity contribution in [1.82, 2.24) is 15.1 Å². The zero-order chi connectivity index (χ0) is 19.5. The normalized spacial score (nSPS) is 16.2. The van der Waals surface area contributed by atoms with Gasteiger partial charge in [0.2, 0.25) is 0 Å². The predicted octanol–water partition coefficient (Wildman–Crippen LogP) is 0.381. The quantitative estimate of drug-likeness (QED) is 0.650. The molecule has 0 unspecified atom stereocenters. The van der Waals surface area contributed by atoms with E-state index in [4.69, 9.17) is 4.74 Å². The highest BCUT2D eigenvalue weighted by molar-refractivity contribution is 7.10. The molecular formula is C20H23N4O3S+. The standard InChI is InChI=1S/C20H22N4O3S/c1-23-20(26)15-6-3-2-5-14(15)18(22-23)19(25)21-13-16(17-7-4-12-28-17)24-8-10-27-11-9-24/h2-7,12,16H,8-11,13H2,1H3,(H,21,25)/p+1/t16-/m0/s1. The lowest BCUT2D eigenvalue weighted by atomic mass is 10.1. The molecule has 0 spiro atoms. The average molecular weight is 399 g/mol. The Bertz CT molecular complexity index is 1030. The summed E-state index contributed by atoms with van der Waals surface area (Å²) in [6, 6.07) is 11.4. The van der Waals surface area contributed by atoms with Crippen molar-refractivity contribution in [3.05, 3.63) is 62.7 Å². The fourth-order valence-corrected chi connectivity index (χ4v) is 4.55. The molecule has 1 fully saturated rings. The number of ether oxygens (including phenoxy) is 1. The number of aromatic nitrogens is 2. The number of thiophene rings is 1. The van der Waals surface area contributed by atoms with Crippen LogP contribution in [0.4, 0.5) is 0 Å². The molecule has 0 saturated carbocycles. The zero-order valence-electron chi connectivity index (χ0n) is 15.7. The number of hydrogen-bond donors (Lipinski definition) is 2. The number of amides is 1. The summed E-state index contributed by atoms with van der Waals surface area (Å²) in [5, 5.41) is 10.4.